The molecule has 0 saturated heterocycles. The van der Waals surface area contributed by atoms with Crippen molar-refractivity contribution in [2.75, 3.05) is 6.61 Å². The van der Waals surface area contributed by atoms with Crippen LogP contribution in [-0.4, -0.2) is 43.5 Å². The predicted octanol–water partition coefficient (Wildman–Crippen LogP) is 1.83. The molecule has 1 heterocycles. The first-order chi connectivity index (χ1) is 11.5. The van der Waals surface area contributed by atoms with E-state index < -0.39 is 34.1 Å². The number of ether oxygens (including phenoxy) is 1. The number of nitrogens with one attached hydrogen (secondary N) is 2. The summed E-state index contributed by atoms with van der Waals surface area (Å²) < 4.78 is 65.5. The number of aromatic nitrogens is 1. The van der Waals surface area contributed by atoms with Crippen LogP contribution in [0.4, 0.5) is 13.2 Å². The summed E-state index contributed by atoms with van der Waals surface area (Å²) in [6.07, 6.45) is 2.94. The molecule has 1 saturated carbocycles. The predicted molar refractivity (Wildman–Crippen MR) is 82.8 cm³/mol. The summed E-state index contributed by atoms with van der Waals surface area (Å²) in [5.74, 6) is -0.361. The number of rotatable bonds is 7. The monoisotopic (exact) mass is 401 g/mol. The number of pyridine rings is 1. The maximum atomic E-state index is 12.3. The number of hydrogen-bond donors (Lipinski definition) is 2. The number of alkyl halides is 3. The van der Waals surface area contributed by atoms with E-state index >= 15 is 0 Å². The smallest absolute Gasteiger partial charge is 0.490 e. The molecule has 1 atom stereocenters. The first kappa shape index (κ1) is 19.7. The summed E-state index contributed by atoms with van der Waals surface area (Å²) in [5.41, 5.74) is -5.34. The lowest BCUT2D eigenvalue weighted by atomic mass is 10.2. The van der Waals surface area contributed by atoms with Crippen molar-refractivity contribution >= 4 is 27.5 Å². The average molecular weight is 402 g/mol. The molecule has 1 amide bonds. The van der Waals surface area contributed by atoms with E-state index in [4.69, 9.17) is 16.3 Å². The Morgan fingerprint density at radius 2 is 2.12 bits per heavy atom. The van der Waals surface area contributed by atoms with Crippen molar-refractivity contribution in [3.63, 3.8) is 0 Å². The largest absolute Gasteiger partial charge is 0.511 e. The topological polar surface area (TPSA) is 97.4 Å². The lowest BCUT2D eigenvalue weighted by molar-refractivity contribution is -0.0451. The SMILES string of the molecule is C[C@@H](COc1cnc(Cl)c(C(=O)NC2CC2)c1)NS(=O)(=O)C(F)(F)F. The molecule has 1 aliphatic carbocycles. The molecule has 1 aromatic rings. The quantitative estimate of drug-likeness (QED) is 0.679. The van der Waals surface area contributed by atoms with Gasteiger partial charge in [0.05, 0.1) is 17.8 Å². The third-order valence-electron chi connectivity index (χ3n) is 3.13. The standard InChI is InChI=1S/C13H15ClF3N3O4S/c1-7(20-25(22,23)13(15,16)17)6-24-9-4-10(11(14)18-5-9)12(21)19-8-2-3-8/h4-5,7-8,20H,2-3,6H2,1H3,(H,19,21)/t7-/m0/s1. The summed E-state index contributed by atoms with van der Waals surface area (Å²) in [6, 6.07) is 0.230. The van der Waals surface area contributed by atoms with E-state index in [2.05, 4.69) is 10.3 Å². The minimum absolute atomic E-state index is 0.0451. The summed E-state index contributed by atoms with van der Waals surface area (Å²) in [6.45, 7) is 0.801. The van der Waals surface area contributed by atoms with E-state index in [1.807, 2.05) is 0 Å². The van der Waals surface area contributed by atoms with Gasteiger partial charge in [-0.15, -0.1) is 0 Å². The summed E-state index contributed by atoms with van der Waals surface area (Å²) in [7, 11) is -5.47. The maximum Gasteiger partial charge on any atom is 0.511 e. The second-order valence-corrected chi connectivity index (χ2v) is 7.60. The number of sulfonamides is 1. The average Bonchev–Trinajstić information content (AvgIpc) is 3.28. The molecule has 0 bridgehead atoms. The van der Waals surface area contributed by atoms with Crippen LogP contribution in [0.2, 0.25) is 5.15 Å². The minimum atomic E-state index is -5.47. The summed E-state index contributed by atoms with van der Waals surface area (Å²) >= 11 is 5.85. The number of amides is 1. The summed E-state index contributed by atoms with van der Waals surface area (Å²) in [4.78, 5) is 15.8. The van der Waals surface area contributed by atoms with Crippen LogP contribution in [0.1, 0.15) is 30.1 Å². The van der Waals surface area contributed by atoms with Gasteiger partial charge >= 0.3 is 15.5 Å². The Hall–Kier alpha value is -1.59. The third kappa shape index (κ3) is 5.44. The molecule has 0 aliphatic heterocycles. The van der Waals surface area contributed by atoms with Crippen LogP contribution in [-0.2, 0) is 10.0 Å². The van der Waals surface area contributed by atoms with Gasteiger partial charge in [0, 0.05) is 6.04 Å². The molecule has 0 spiro atoms. The van der Waals surface area contributed by atoms with Crippen molar-refractivity contribution in [1.29, 1.82) is 0 Å². The van der Waals surface area contributed by atoms with Crippen molar-refractivity contribution in [1.82, 2.24) is 15.0 Å². The van der Waals surface area contributed by atoms with Gasteiger partial charge in [-0.05, 0) is 25.8 Å². The van der Waals surface area contributed by atoms with Crippen LogP contribution in [0, 0.1) is 0 Å². The Bertz CT molecular complexity index is 753. The molecule has 2 rings (SSSR count). The number of hydrogen-bond acceptors (Lipinski definition) is 5. The van der Waals surface area contributed by atoms with E-state index in [-0.39, 0.29) is 22.5 Å². The zero-order chi connectivity index (χ0) is 18.8. The molecular formula is C13H15ClF3N3O4S. The number of carbonyl (C=O) groups is 1. The van der Waals surface area contributed by atoms with Crippen molar-refractivity contribution < 1.29 is 31.1 Å². The molecule has 1 fully saturated rings. The van der Waals surface area contributed by atoms with Crippen molar-refractivity contribution in [3.8, 4) is 5.75 Å². The van der Waals surface area contributed by atoms with E-state index in [1.54, 1.807) is 0 Å². The first-order valence-corrected chi connectivity index (χ1v) is 9.03. The fourth-order valence-electron chi connectivity index (χ4n) is 1.74. The highest BCUT2D eigenvalue weighted by molar-refractivity contribution is 7.90. The molecule has 140 valence electrons. The lowest BCUT2D eigenvalue weighted by Crippen LogP contribution is -2.43. The van der Waals surface area contributed by atoms with Gasteiger partial charge in [0.1, 0.15) is 17.5 Å². The fraction of sp³-hybridized carbons (Fsp3) is 0.538. The van der Waals surface area contributed by atoms with Gasteiger partial charge in [-0.25, -0.2) is 18.1 Å². The van der Waals surface area contributed by atoms with Crippen LogP contribution < -0.4 is 14.8 Å². The highest BCUT2D eigenvalue weighted by atomic mass is 35.5. The maximum absolute atomic E-state index is 12.3. The van der Waals surface area contributed by atoms with Crippen LogP contribution in [0.25, 0.3) is 0 Å². The van der Waals surface area contributed by atoms with Crippen molar-refractivity contribution in [3.05, 3.63) is 23.0 Å². The number of halogens is 4. The molecule has 7 nitrogen and oxygen atoms in total. The lowest BCUT2D eigenvalue weighted by Gasteiger charge is -2.16. The molecular weight excluding hydrogens is 387 g/mol. The number of nitrogens with zero attached hydrogens (tertiary/aromatic N) is 1. The second kappa shape index (κ2) is 7.34. The first-order valence-electron chi connectivity index (χ1n) is 7.17. The van der Waals surface area contributed by atoms with Gasteiger partial charge in [0.15, 0.2) is 0 Å². The van der Waals surface area contributed by atoms with Crippen LogP contribution in [0.15, 0.2) is 12.3 Å². The summed E-state index contributed by atoms with van der Waals surface area (Å²) in [5, 5.41) is 2.67. The highest BCUT2D eigenvalue weighted by Gasteiger charge is 2.46. The van der Waals surface area contributed by atoms with E-state index in [9.17, 15) is 26.4 Å². The normalized spacial score (nSPS) is 16.4. The zero-order valence-electron chi connectivity index (χ0n) is 12.9. The van der Waals surface area contributed by atoms with E-state index in [0.29, 0.717) is 0 Å². The Labute approximate surface area is 147 Å². The van der Waals surface area contributed by atoms with Gasteiger partial charge in [-0.1, -0.05) is 11.6 Å². The Morgan fingerprint density at radius 3 is 2.68 bits per heavy atom. The molecule has 2 N–H and O–H groups in total. The van der Waals surface area contributed by atoms with E-state index in [0.717, 1.165) is 12.8 Å². The molecule has 0 unspecified atom stereocenters. The van der Waals surface area contributed by atoms with Crippen molar-refractivity contribution in [2.45, 2.75) is 37.4 Å². The highest BCUT2D eigenvalue weighted by Crippen LogP contribution is 2.24. The third-order valence-corrected chi connectivity index (χ3v) is 4.76. The Kier molecular flexibility index (Phi) is 5.79. The minimum Gasteiger partial charge on any atom is -0.490 e. The molecule has 0 radical (unpaired) electrons. The van der Waals surface area contributed by atoms with Gasteiger partial charge < -0.3 is 10.1 Å². The van der Waals surface area contributed by atoms with Gasteiger partial charge in [0.2, 0.25) is 0 Å². The molecule has 12 heteroatoms. The van der Waals surface area contributed by atoms with Gasteiger partial charge in [0.25, 0.3) is 5.91 Å². The number of carbonyl (C=O) groups excluding carboxylic acids is 1. The van der Waals surface area contributed by atoms with Crippen LogP contribution in [0.5, 0.6) is 5.75 Å². The molecule has 25 heavy (non-hydrogen) atoms. The second-order valence-electron chi connectivity index (χ2n) is 5.54. The molecule has 1 aliphatic rings. The van der Waals surface area contributed by atoms with Crippen LogP contribution in [0.3, 0.4) is 0 Å². The molecule has 0 aromatic carbocycles. The Morgan fingerprint density at radius 1 is 1.48 bits per heavy atom. The zero-order valence-corrected chi connectivity index (χ0v) is 14.5. The Balaban J connectivity index is 1.97. The van der Waals surface area contributed by atoms with E-state index in [1.165, 1.54) is 23.9 Å². The molecule has 1 aromatic heterocycles. The van der Waals surface area contributed by atoms with Crippen LogP contribution >= 0.6 is 11.6 Å². The van der Waals surface area contributed by atoms with Gasteiger partial charge in [-0.2, -0.15) is 13.2 Å². The fourth-order valence-corrected chi connectivity index (χ4v) is 2.67. The van der Waals surface area contributed by atoms with Crippen molar-refractivity contribution in [2.24, 2.45) is 0 Å². The van der Waals surface area contributed by atoms with Gasteiger partial charge in [-0.3, -0.25) is 4.79 Å².